The Kier molecular flexibility index (Phi) is 6.56. The second kappa shape index (κ2) is 8.45. The van der Waals surface area contributed by atoms with Crippen LogP contribution in [0.1, 0.15) is 53.5 Å². The van der Waals surface area contributed by atoms with E-state index in [1.54, 1.807) is 19.1 Å². The summed E-state index contributed by atoms with van der Waals surface area (Å²) in [4.78, 5) is 12.4. The highest BCUT2D eigenvalue weighted by Crippen LogP contribution is 2.18. The van der Waals surface area contributed by atoms with Gasteiger partial charge in [-0.25, -0.2) is 4.39 Å². The summed E-state index contributed by atoms with van der Waals surface area (Å²) in [6, 6.07) is 6.75. The molecule has 1 aliphatic heterocycles. The first-order valence-electron chi connectivity index (χ1n) is 8.37. The van der Waals surface area contributed by atoms with E-state index >= 15 is 0 Å². The molecular weight excluding hydrogens is 343 g/mol. The predicted octanol–water partition coefficient (Wildman–Crippen LogP) is 3.17. The summed E-state index contributed by atoms with van der Waals surface area (Å²) < 4.78 is 15.5. The molecule has 2 aromatic rings. The maximum atomic E-state index is 13.7. The van der Waals surface area contributed by atoms with E-state index in [2.05, 4.69) is 15.7 Å². The van der Waals surface area contributed by atoms with Crippen molar-refractivity contribution in [3.8, 4) is 0 Å². The lowest BCUT2D eigenvalue weighted by molar-refractivity contribution is 0.0933. The van der Waals surface area contributed by atoms with E-state index in [-0.39, 0.29) is 30.2 Å². The van der Waals surface area contributed by atoms with E-state index in [0.29, 0.717) is 17.3 Å². The van der Waals surface area contributed by atoms with Crippen LogP contribution >= 0.6 is 12.4 Å². The zero-order valence-corrected chi connectivity index (χ0v) is 15.3. The minimum absolute atomic E-state index is 0. The summed E-state index contributed by atoms with van der Waals surface area (Å²) in [5.41, 5.74) is 1.72. The molecule has 136 valence electrons. The number of piperidine rings is 1. The van der Waals surface area contributed by atoms with Crippen LogP contribution in [0.5, 0.6) is 0 Å². The molecule has 1 aliphatic rings. The van der Waals surface area contributed by atoms with Gasteiger partial charge in [0.1, 0.15) is 11.5 Å². The number of halogens is 2. The first kappa shape index (κ1) is 19.4. The molecule has 2 N–H and O–H groups in total. The van der Waals surface area contributed by atoms with Crippen LogP contribution in [0, 0.1) is 12.7 Å². The van der Waals surface area contributed by atoms with E-state index in [1.165, 1.54) is 6.07 Å². The molecule has 0 saturated carbocycles. The Balaban J connectivity index is 0.00000225. The molecule has 2 atom stereocenters. The van der Waals surface area contributed by atoms with Gasteiger partial charge in [-0.15, -0.1) is 12.4 Å². The van der Waals surface area contributed by atoms with E-state index in [0.717, 1.165) is 31.5 Å². The average Bonchev–Trinajstić information content (AvgIpc) is 3.08. The largest absolute Gasteiger partial charge is 0.344 e. The number of rotatable bonds is 4. The molecule has 3 rings (SSSR count). The molecule has 7 heteroatoms. The van der Waals surface area contributed by atoms with Crippen molar-refractivity contribution in [3.63, 3.8) is 0 Å². The van der Waals surface area contributed by atoms with Crippen LogP contribution in [0.25, 0.3) is 0 Å². The van der Waals surface area contributed by atoms with Crippen LogP contribution in [0.3, 0.4) is 0 Å². The fourth-order valence-corrected chi connectivity index (χ4v) is 2.95. The maximum absolute atomic E-state index is 13.7. The molecule has 2 heterocycles. The fourth-order valence-electron chi connectivity index (χ4n) is 2.95. The summed E-state index contributed by atoms with van der Waals surface area (Å²) in [5.74, 6) is -0.506. The lowest BCUT2D eigenvalue weighted by Gasteiger charge is -2.22. The topological polar surface area (TPSA) is 59.0 Å². The number of aromatic nitrogens is 2. The molecule has 1 amide bonds. The highest BCUT2D eigenvalue weighted by molar-refractivity contribution is 5.92. The molecule has 0 spiro atoms. The van der Waals surface area contributed by atoms with Crippen LogP contribution in [0.4, 0.5) is 4.39 Å². The quantitative estimate of drug-likeness (QED) is 0.873. The van der Waals surface area contributed by atoms with Gasteiger partial charge in [0, 0.05) is 12.7 Å². The summed E-state index contributed by atoms with van der Waals surface area (Å²) in [6.07, 6.45) is 4.03. The van der Waals surface area contributed by atoms with Crippen LogP contribution in [-0.4, -0.2) is 28.8 Å². The zero-order chi connectivity index (χ0) is 17.1. The van der Waals surface area contributed by atoms with Gasteiger partial charge in [0.15, 0.2) is 0 Å². The number of amides is 1. The maximum Gasteiger partial charge on any atom is 0.272 e. The van der Waals surface area contributed by atoms with Gasteiger partial charge in [-0.3, -0.25) is 9.48 Å². The van der Waals surface area contributed by atoms with Gasteiger partial charge in [-0.2, -0.15) is 5.10 Å². The van der Waals surface area contributed by atoms with Gasteiger partial charge in [0.25, 0.3) is 5.91 Å². The number of hydrogen-bond donors (Lipinski definition) is 2. The molecule has 1 saturated heterocycles. The molecular formula is C18H24ClFN4O. The van der Waals surface area contributed by atoms with Crippen molar-refractivity contribution in [3.05, 3.63) is 53.1 Å². The Morgan fingerprint density at radius 1 is 1.44 bits per heavy atom. The average molecular weight is 367 g/mol. The van der Waals surface area contributed by atoms with Crippen molar-refractivity contribution in [2.45, 2.75) is 38.8 Å². The third-order valence-corrected chi connectivity index (χ3v) is 4.53. The van der Waals surface area contributed by atoms with Crippen LogP contribution in [0.15, 0.2) is 30.5 Å². The summed E-state index contributed by atoms with van der Waals surface area (Å²) in [6.45, 7) is 5.47. The van der Waals surface area contributed by atoms with Crippen molar-refractivity contribution in [1.82, 2.24) is 20.4 Å². The van der Waals surface area contributed by atoms with Gasteiger partial charge in [-0.1, -0.05) is 12.1 Å². The minimum atomic E-state index is -0.283. The Hall–Kier alpha value is -1.92. The fraction of sp³-hybridized carbons (Fsp3) is 0.444. The molecule has 1 aromatic carbocycles. The van der Waals surface area contributed by atoms with Gasteiger partial charge < -0.3 is 10.6 Å². The number of benzene rings is 1. The van der Waals surface area contributed by atoms with Gasteiger partial charge >= 0.3 is 0 Å². The molecule has 0 bridgehead atoms. The zero-order valence-electron chi connectivity index (χ0n) is 14.5. The highest BCUT2D eigenvalue weighted by Gasteiger charge is 2.19. The first-order chi connectivity index (χ1) is 11.5. The van der Waals surface area contributed by atoms with Crippen LogP contribution < -0.4 is 10.6 Å². The van der Waals surface area contributed by atoms with E-state index in [1.807, 2.05) is 23.9 Å². The molecule has 25 heavy (non-hydrogen) atoms. The molecule has 5 nitrogen and oxygen atoms in total. The molecule has 0 aliphatic carbocycles. The summed E-state index contributed by atoms with van der Waals surface area (Å²) >= 11 is 0. The minimum Gasteiger partial charge on any atom is -0.344 e. The molecule has 1 aromatic heterocycles. The van der Waals surface area contributed by atoms with E-state index < -0.39 is 0 Å². The lowest BCUT2D eigenvalue weighted by Crippen LogP contribution is -2.32. The van der Waals surface area contributed by atoms with Crippen LogP contribution in [-0.2, 0) is 0 Å². The molecule has 2 unspecified atom stereocenters. The standard InChI is InChI=1S/C18H23FN4O.ClH/c1-12-5-6-14(10-16(12)19)13(2)21-18(24)17-7-9-23(22-17)15-4-3-8-20-11-15;/h5-7,9-10,13,15,20H,3-4,8,11H2,1-2H3,(H,21,24);1H. The van der Waals surface area contributed by atoms with Gasteiger partial charge in [0.2, 0.25) is 0 Å². The number of carbonyl (C=O) groups excluding carboxylic acids is 1. The highest BCUT2D eigenvalue weighted by atomic mass is 35.5. The second-order valence-electron chi connectivity index (χ2n) is 6.38. The summed E-state index contributed by atoms with van der Waals surface area (Å²) in [5, 5.41) is 10.6. The van der Waals surface area contributed by atoms with Gasteiger partial charge in [0.05, 0.1) is 12.1 Å². The van der Waals surface area contributed by atoms with E-state index in [9.17, 15) is 9.18 Å². The summed E-state index contributed by atoms with van der Waals surface area (Å²) in [7, 11) is 0. The lowest BCUT2D eigenvalue weighted by atomic mass is 10.1. The predicted molar refractivity (Wildman–Crippen MR) is 97.6 cm³/mol. The normalized spacial score (nSPS) is 18.3. The monoisotopic (exact) mass is 366 g/mol. The van der Waals surface area contributed by atoms with Gasteiger partial charge in [-0.05, 0) is 56.5 Å². The Labute approximate surface area is 153 Å². The number of carbonyl (C=O) groups is 1. The Morgan fingerprint density at radius 2 is 2.24 bits per heavy atom. The number of aryl methyl sites for hydroxylation is 1. The SMILES string of the molecule is Cc1ccc(C(C)NC(=O)c2ccn(C3CCCNC3)n2)cc1F.Cl. The number of nitrogens with one attached hydrogen (secondary N) is 2. The number of nitrogens with zero attached hydrogens (tertiary/aromatic N) is 2. The smallest absolute Gasteiger partial charge is 0.272 e. The van der Waals surface area contributed by atoms with Crippen molar-refractivity contribution in [2.24, 2.45) is 0 Å². The molecule has 1 fully saturated rings. The van der Waals surface area contributed by atoms with Crippen molar-refractivity contribution in [1.29, 1.82) is 0 Å². The van der Waals surface area contributed by atoms with Crippen LogP contribution in [0.2, 0.25) is 0 Å². The van der Waals surface area contributed by atoms with Crippen molar-refractivity contribution in [2.75, 3.05) is 13.1 Å². The Bertz CT molecular complexity index is 728. The van der Waals surface area contributed by atoms with Crippen molar-refractivity contribution >= 4 is 18.3 Å². The first-order valence-corrected chi connectivity index (χ1v) is 8.37. The van der Waals surface area contributed by atoms with Crippen molar-refractivity contribution < 1.29 is 9.18 Å². The Morgan fingerprint density at radius 3 is 2.92 bits per heavy atom. The van der Waals surface area contributed by atoms with E-state index in [4.69, 9.17) is 0 Å². The third-order valence-electron chi connectivity index (χ3n) is 4.53. The number of hydrogen-bond acceptors (Lipinski definition) is 3. The third kappa shape index (κ3) is 4.58. The second-order valence-corrected chi connectivity index (χ2v) is 6.38. The molecule has 0 radical (unpaired) electrons.